The van der Waals surface area contributed by atoms with Crippen LogP contribution in [0.2, 0.25) is 10.0 Å². The first kappa shape index (κ1) is 23.3. The van der Waals surface area contributed by atoms with Crippen molar-refractivity contribution in [2.24, 2.45) is 16.6 Å². The third kappa shape index (κ3) is 5.38. The zero-order chi connectivity index (χ0) is 23.4. The zero-order valence-corrected chi connectivity index (χ0v) is 19.5. The van der Waals surface area contributed by atoms with E-state index in [0.717, 1.165) is 25.1 Å². The number of nitrogens with one attached hydrogen (secondary N) is 2. The lowest BCUT2D eigenvalue weighted by Crippen LogP contribution is -2.26. The number of nitrogens with zero attached hydrogens (tertiary/aromatic N) is 3. The summed E-state index contributed by atoms with van der Waals surface area (Å²) in [4.78, 5) is 9.15. The molecule has 1 atom stereocenters. The first-order valence-electron chi connectivity index (χ1n) is 10.7. The molecule has 1 fully saturated rings. The van der Waals surface area contributed by atoms with Gasteiger partial charge in [0, 0.05) is 6.54 Å². The smallest absolute Gasteiger partial charge is 0.194 e. The molecule has 0 aliphatic carbocycles. The van der Waals surface area contributed by atoms with Gasteiger partial charge in [0.25, 0.3) is 0 Å². The number of rotatable bonds is 7. The number of halogens is 3. The number of hydrogen-bond acceptors (Lipinski definition) is 3. The second-order valence-electron chi connectivity index (χ2n) is 7.90. The minimum atomic E-state index is -0.312. The molecule has 0 radical (unpaired) electrons. The van der Waals surface area contributed by atoms with Gasteiger partial charge in [-0.05, 0) is 61.3 Å². The zero-order valence-electron chi connectivity index (χ0n) is 18.0. The summed E-state index contributed by atoms with van der Waals surface area (Å²) < 4.78 is 15.5. The number of aliphatic imine (C=N–C) groups is 1. The highest BCUT2D eigenvalue weighted by molar-refractivity contribution is 6.39. The van der Waals surface area contributed by atoms with Gasteiger partial charge < -0.3 is 20.9 Å². The molecule has 1 aliphatic rings. The molecule has 0 unspecified atom stereocenters. The van der Waals surface area contributed by atoms with Crippen molar-refractivity contribution in [1.82, 2.24) is 14.9 Å². The summed E-state index contributed by atoms with van der Waals surface area (Å²) in [5, 5.41) is 7.58. The quantitative estimate of drug-likeness (QED) is 0.317. The highest BCUT2D eigenvalue weighted by atomic mass is 35.5. The molecular formula is C24H25Cl2FN6. The van der Waals surface area contributed by atoms with Crippen LogP contribution in [0.3, 0.4) is 0 Å². The average Bonchev–Trinajstić information content (AvgIpc) is 3.41. The second kappa shape index (κ2) is 10.4. The van der Waals surface area contributed by atoms with Crippen LogP contribution in [-0.2, 0) is 13.1 Å². The van der Waals surface area contributed by atoms with Gasteiger partial charge in [-0.25, -0.2) is 14.4 Å². The molecule has 0 saturated carbocycles. The molecule has 0 bridgehead atoms. The second-order valence-corrected chi connectivity index (χ2v) is 8.71. The molecule has 0 spiro atoms. The number of imidazole rings is 1. The maximum absolute atomic E-state index is 13.5. The fraction of sp³-hybridized carbons (Fsp3) is 0.250. The van der Waals surface area contributed by atoms with Gasteiger partial charge in [0.2, 0.25) is 0 Å². The Hall–Kier alpha value is -2.87. The lowest BCUT2D eigenvalue weighted by atomic mass is 10.1. The van der Waals surface area contributed by atoms with Crippen molar-refractivity contribution in [1.29, 1.82) is 0 Å². The molecule has 1 saturated heterocycles. The van der Waals surface area contributed by atoms with Gasteiger partial charge in [-0.2, -0.15) is 0 Å². The van der Waals surface area contributed by atoms with Gasteiger partial charge in [0.05, 0.1) is 22.2 Å². The molecule has 4 N–H and O–H groups in total. The van der Waals surface area contributed by atoms with Crippen molar-refractivity contribution in [3.8, 4) is 11.4 Å². The number of benzene rings is 2. The van der Waals surface area contributed by atoms with Crippen LogP contribution in [0.25, 0.3) is 17.5 Å². The number of nitrogens with two attached hydrogens (primary N) is 1. The average molecular weight is 487 g/mol. The van der Waals surface area contributed by atoms with Gasteiger partial charge in [0.15, 0.2) is 5.96 Å². The van der Waals surface area contributed by atoms with E-state index in [-0.39, 0.29) is 18.3 Å². The van der Waals surface area contributed by atoms with Crippen LogP contribution in [0, 0.1) is 11.7 Å². The van der Waals surface area contributed by atoms with Crippen LogP contribution in [0.4, 0.5) is 10.2 Å². The number of anilines is 1. The fourth-order valence-corrected chi connectivity index (χ4v) is 4.49. The van der Waals surface area contributed by atoms with Crippen LogP contribution in [0.15, 0.2) is 54.0 Å². The Labute approximate surface area is 202 Å². The number of guanidine groups is 1. The number of hydrogen-bond donors (Lipinski definition) is 3. The van der Waals surface area contributed by atoms with Crippen molar-refractivity contribution < 1.29 is 4.39 Å². The molecule has 9 heteroatoms. The predicted octanol–water partition coefficient (Wildman–Crippen LogP) is 5.18. The highest BCUT2D eigenvalue weighted by Gasteiger charge is 2.25. The van der Waals surface area contributed by atoms with Crippen LogP contribution in [0.1, 0.15) is 17.7 Å². The SMILES string of the molecule is C=Cc1nc(-c2c(Cl)cccc2Cl)n(C[C@H]2CCNC2)c1NC(N)=NCc1cccc(F)c1. The van der Waals surface area contributed by atoms with E-state index in [2.05, 4.69) is 22.2 Å². The van der Waals surface area contributed by atoms with E-state index < -0.39 is 0 Å². The van der Waals surface area contributed by atoms with E-state index in [4.69, 9.17) is 33.9 Å². The highest BCUT2D eigenvalue weighted by Crippen LogP contribution is 2.37. The lowest BCUT2D eigenvalue weighted by Gasteiger charge is -2.18. The molecule has 6 nitrogen and oxygen atoms in total. The summed E-state index contributed by atoms with van der Waals surface area (Å²) in [6.45, 7) is 6.71. The number of aromatic nitrogens is 2. The summed E-state index contributed by atoms with van der Waals surface area (Å²) >= 11 is 13.0. The van der Waals surface area contributed by atoms with Gasteiger partial charge in [-0.1, -0.05) is 48.0 Å². The standard InChI is InChI=1S/C24H25Cl2FN6/c1-2-20-22(32-24(28)30-13-15-5-3-6-17(27)11-15)33(14-16-9-10-29-12-16)23(31-20)21-18(25)7-4-8-19(21)26/h2-8,11,16,29H,1,9-10,12-14H2,(H3,28,30,32)/t16-/m0/s1. The molecule has 33 heavy (non-hydrogen) atoms. The molecule has 3 aromatic rings. The van der Waals surface area contributed by atoms with Crippen molar-refractivity contribution in [3.05, 3.63) is 76.2 Å². The first-order valence-corrected chi connectivity index (χ1v) is 11.4. The van der Waals surface area contributed by atoms with E-state index in [9.17, 15) is 4.39 Å². The van der Waals surface area contributed by atoms with Crippen molar-refractivity contribution in [2.45, 2.75) is 19.5 Å². The van der Waals surface area contributed by atoms with Gasteiger partial charge in [-0.3, -0.25) is 0 Å². The van der Waals surface area contributed by atoms with Gasteiger partial charge in [0.1, 0.15) is 23.2 Å². The lowest BCUT2D eigenvalue weighted by molar-refractivity contribution is 0.488. The molecule has 2 heterocycles. The van der Waals surface area contributed by atoms with Crippen LogP contribution < -0.4 is 16.4 Å². The van der Waals surface area contributed by atoms with E-state index in [1.165, 1.54) is 12.1 Å². The Morgan fingerprint density at radius 3 is 2.73 bits per heavy atom. The van der Waals surface area contributed by atoms with Crippen molar-refractivity contribution in [3.63, 3.8) is 0 Å². The van der Waals surface area contributed by atoms with E-state index in [1.807, 2.05) is 4.57 Å². The van der Waals surface area contributed by atoms with Gasteiger partial charge >= 0.3 is 0 Å². The maximum atomic E-state index is 13.5. The Morgan fingerprint density at radius 1 is 1.30 bits per heavy atom. The fourth-order valence-electron chi connectivity index (χ4n) is 3.93. The summed E-state index contributed by atoms with van der Waals surface area (Å²) in [5.41, 5.74) is 8.18. The Bertz CT molecular complexity index is 1160. The molecule has 0 amide bonds. The Balaban J connectivity index is 1.72. The van der Waals surface area contributed by atoms with E-state index >= 15 is 0 Å². The summed E-state index contributed by atoms with van der Waals surface area (Å²) in [6, 6.07) is 11.6. The molecular weight excluding hydrogens is 462 g/mol. The van der Waals surface area contributed by atoms with Gasteiger partial charge in [-0.15, -0.1) is 0 Å². The Morgan fingerprint density at radius 2 is 2.06 bits per heavy atom. The van der Waals surface area contributed by atoms with E-state index in [0.29, 0.717) is 45.4 Å². The summed E-state index contributed by atoms with van der Waals surface area (Å²) in [5.74, 6) is 1.57. The maximum Gasteiger partial charge on any atom is 0.194 e. The normalized spacial score (nSPS) is 16.2. The minimum absolute atomic E-state index is 0.185. The van der Waals surface area contributed by atoms with Crippen LogP contribution >= 0.6 is 23.2 Å². The third-order valence-corrected chi connectivity index (χ3v) is 6.17. The summed E-state index contributed by atoms with van der Waals surface area (Å²) in [6.07, 6.45) is 2.69. The van der Waals surface area contributed by atoms with Crippen LogP contribution in [-0.4, -0.2) is 28.6 Å². The molecule has 172 valence electrons. The van der Waals surface area contributed by atoms with Crippen molar-refractivity contribution in [2.75, 3.05) is 18.4 Å². The first-order chi connectivity index (χ1) is 16.0. The largest absolute Gasteiger partial charge is 0.370 e. The molecule has 4 rings (SSSR count). The van der Waals surface area contributed by atoms with Crippen molar-refractivity contribution >= 4 is 41.1 Å². The van der Waals surface area contributed by atoms with E-state index in [1.54, 1.807) is 36.4 Å². The summed E-state index contributed by atoms with van der Waals surface area (Å²) in [7, 11) is 0. The molecule has 1 aliphatic heterocycles. The molecule has 2 aromatic carbocycles. The minimum Gasteiger partial charge on any atom is -0.370 e. The monoisotopic (exact) mass is 486 g/mol. The molecule has 1 aromatic heterocycles. The Kier molecular flexibility index (Phi) is 7.33. The topological polar surface area (TPSA) is 80.3 Å². The third-order valence-electron chi connectivity index (χ3n) is 5.54. The predicted molar refractivity (Wildman–Crippen MR) is 134 cm³/mol. The van der Waals surface area contributed by atoms with Crippen LogP contribution in [0.5, 0.6) is 0 Å².